The molecule has 0 atom stereocenters. The number of carbonyl (C=O) groups is 3. The molecule has 0 unspecified atom stereocenters. The normalized spacial score (nSPS) is 16.2. The van der Waals surface area contributed by atoms with Gasteiger partial charge in [-0.25, -0.2) is 0 Å². The lowest BCUT2D eigenvalue weighted by atomic mass is 9.99. The minimum Gasteiger partial charge on any atom is -0.381 e. The monoisotopic (exact) mass is 559 g/mol. The molecule has 3 amide bonds. The smallest absolute Gasteiger partial charge is 0.259 e. The third kappa shape index (κ3) is 6.72. The molecular formula is C32H41N5O4. The summed E-state index contributed by atoms with van der Waals surface area (Å²) < 4.78 is 5.52. The summed E-state index contributed by atoms with van der Waals surface area (Å²) in [6, 6.07) is 5.30. The average Bonchev–Trinajstić information content (AvgIpc) is 3.41. The molecule has 1 fully saturated rings. The molecule has 1 aromatic heterocycles. The summed E-state index contributed by atoms with van der Waals surface area (Å²) in [4.78, 5) is 47.0. The van der Waals surface area contributed by atoms with Crippen molar-refractivity contribution >= 4 is 35.1 Å². The number of nitrogens with one attached hydrogen (secondary N) is 3. The van der Waals surface area contributed by atoms with Crippen LogP contribution in [0.1, 0.15) is 69.9 Å². The van der Waals surface area contributed by atoms with Crippen LogP contribution in [-0.4, -0.2) is 80.1 Å². The molecule has 0 spiro atoms. The number of terminal acetylenes is 1. The largest absolute Gasteiger partial charge is 0.381 e. The van der Waals surface area contributed by atoms with Gasteiger partial charge in [0.25, 0.3) is 17.7 Å². The Balaban J connectivity index is 1.64. The first-order chi connectivity index (χ1) is 19.8. The fraction of sp³-hybridized carbons (Fsp3) is 0.469. The van der Waals surface area contributed by atoms with Gasteiger partial charge < -0.3 is 30.2 Å². The Bertz CT molecular complexity index is 1360. The number of fused-ring (bicyclic) bond motifs is 1. The van der Waals surface area contributed by atoms with Crippen molar-refractivity contribution in [3.8, 4) is 12.3 Å². The minimum absolute atomic E-state index is 0.121. The van der Waals surface area contributed by atoms with E-state index in [0.717, 1.165) is 55.0 Å². The van der Waals surface area contributed by atoms with Crippen molar-refractivity contribution in [2.45, 2.75) is 40.5 Å². The van der Waals surface area contributed by atoms with Crippen LogP contribution < -0.4 is 15.5 Å². The maximum absolute atomic E-state index is 13.9. The molecule has 218 valence electrons. The number of amides is 3. The number of likely N-dealkylation sites (N-methyl/N-ethyl adjacent to an activating group) is 1. The Labute approximate surface area is 242 Å². The van der Waals surface area contributed by atoms with E-state index >= 15 is 0 Å². The van der Waals surface area contributed by atoms with E-state index in [4.69, 9.17) is 11.2 Å². The van der Waals surface area contributed by atoms with Crippen LogP contribution in [0.15, 0.2) is 18.2 Å². The molecule has 2 aromatic rings. The van der Waals surface area contributed by atoms with Gasteiger partial charge in [-0.1, -0.05) is 25.8 Å². The van der Waals surface area contributed by atoms with Crippen LogP contribution in [-0.2, 0) is 9.53 Å². The van der Waals surface area contributed by atoms with Crippen molar-refractivity contribution in [1.82, 2.24) is 20.5 Å². The molecular weight excluding hydrogens is 518 g/mol. The highest BCUT2D eigenvalue weighted by Gasteiger charge is 2.35. The number of carbonyl (C=O) groups excluding carboxylic acids is 3. The maximum atomic E-state index is 13.9. The second-order valence-electron chi connectivity index (χ2n) is 10.6. The molecule has 1 aromatic carbocycles. The molecule has 0 saturated carbocycles. The van der Waals surface area contributed by atoms with Crippen molar-refractivity contribution in [3.05, 3.63) is 51.8 Å². The highest BCUT2D eigenvalue weighted by atomic mass is 16.5. The van der Waals surface area contributed by atoms with Crippen LogP contribution in [0.3, 0.4) is 0 Å². The lowest BCUT2D eigenvalue weighted by Crippen LogP contribution is -2.35. The molecule has 3 heterocycles. The molecule has 2 aliphatic heterocycles. The van der Waals surface area contributed by atoms with E-state index in [1.54, 1.807) is 17.0 Å². The third-order valence-electron chi connectivity index (χ3n) is 8.05. The van der Waals surface area contributed by atoms with Gasteiger partial charge >= 0.3 is 0 Å². The van der Waals surface area contributed by atoms with Crippen LogP contribution in [0.4, 0.5) is 5.69 Å². The maximum Gasteiger partial charge on any atom is 0.259 e. The van der Waals surface area contributed by atoms with E-state index in [1.807, 2.05) is 26.0 Å². The number of hydrogen-bond acceptors (Lipinski definition) is 5. The molecule has 3 N–H and O–H groups in total. The predicted octanol–water partition coefficient (Wildman–Crippen LogP) is 3.38. The number of aryl methyl sites for hydroxylation is 1. The minimum atomic E-state index is -0.283. The van der Waals surface area contributed by atoms with E-state index in [1.165, 1.54) is 0 Å². The SMILES string of the molecule is C#CCNC(=O)c1ccc2c(c1)N(CC1CCOCC1)C(=O)/C2=C\c1[nH]c(C)c(C(=O)NCCN(CC)CC)c1C. The van der Waals surface area contributed by atoms with Gasteiger partial charge in [-0.2, -0.15) is 0 Å². The Morgan fingerprint density at radius 3 is 2.59 bits per heavy atom. The standard InChI is InChI=1S/C32H41N5O4/c1-6-13-33-30(38)24-9-10-25-26(32(40)37(28(25)18-24)20-23-11-16-41-17-12-23)19-27-21(4)29(22(5)35-27)31(39)34-14-15-36(7-2)8-3/h1,9-10,18-19,23,35H,7-8,11-17,20H2,2-5H3,(H,33,38)(H,34,39)/b26-19-. The van der Waals surface area contributed by atoms with Crippen LogP contribution in [0.25, 0.3) is 11.6 Å². The van der Waals surface area contributed by atoms with Gasteiger partial charge in [0, 0.05) is 55.4 Å². The van der Waals surface area contributed by atoms with Crippen molar-refractivity contribution in [1.29, 1.82) is 0 Å². The number of hydrogen-bond donors (Lipinski definition) is 3. The van der Waals surface area contributed by atoms with Crippen molar-refractivity contribution in [2.24, 2.45) is 5.92 Å². The molecule has 0 bridgehead atoms. The Kier molecular flexibility index (Phi) is 10.0. The van der Waals surface area contributed by atoms with Crippen LogP contribution in [0, 0.1) is 32.1 Å². The third-order valence-corrected chi connectivity index (χ3v) is 8.05. The first-order valence-electron chi connectivity index (χ1n) is 14.5. The number of nitrogens with zero attached hydrogens (tertiary/aromatic N) is 2. The molecule has 0 aliphatic carbocycles. The molecule has 4 rings (SSSR count). The zero-order valence-electron chi connectivity index (χ0n) is 24.6. The number of H-pyrrole nitrogens is 1. The van der Waals surface area contributed by atoms with Crippen molar-refractivity contribution in [3.63, 3.8) is 0 Å². The molecule has 0 radical (unpaired) electrons. The van der Waals surface area contributed by atoms with Gasteiger partial charge in [0.2, 0.25) is 0 Å². The summed E-state index contributed by atoms with van der Waals surface area (Å²) in [5, 5.41) is 5.74. The zero-order chi connectivity index (χ0) is 29.5. The molecule has 2 aliphatic rings. The first-order valence-corrected chi connectivity index (χ1v) is 14.5. The van der Waals surface area contributed by atoms with Crippen molar-refractivity contribution in [2.75, 3.05) is 57.4 Å². The van der Waals surface area contributed by atoms with E-state index in [2.05, 4.69) is 40.3 Å². The Morgan fingerprint density at radius 1 is 1.17 bits per heavy atom. The van der Waals surface area contributed by atoms with Crippen LogP contribution >= 0.6 is 0 Å². The van der Waals surface area contributed by atoms with Gasteiger partial charge in [-0.3, -0.25) is 14.4 Å². The summed E-state index contributed by atoms with van der Waals surface area (Å²) in [7, 11) is 0. The average molecular weight is 560 g/mol. The van der Waals surface area contributed by atoms with E-state index < -0.39 is 0 Å². The predicted molar refractivity (Wildman–Crippen MR) is 162 cm³/mol. The van der Waals surface area contributed by atoms with Crippen LogP contribution in [0.5, 0.6) is 0 Å². The van der Waals surface area contributed by atoms with Gasteiger partial charge in [-0.05, 0) is 69.5 Å². The molecule has 9 heteroatoms. The summed E-state index contributed by atoms with van der Waals surface area (Å²) in [5.41, 5.74) is 5.29. The first kappa shape index (κ1) is 30.1. The van der Waals surface area contributed by atoms with Gasteiger partial charge in [0.05, 0.1) is 23.4 Å². The summed E-state index contributed by atoms with van der Waals surface area (Å²) >= 11 is 0. The zero-order valence-corrected chi connectivity index (χ0v) is 24.6. The summed E-state index contributed by atoms with van der Waals surface area (Å²) in [6.45, 7) is 13.2. The lowest BCUT2D eigenvalue weighted by molar-refractivity contribution is -0.113. The number of rotatable bonds is 11. The number of benzene rings is 1. The van der Waals surface area contributed by atoms with E-state index in [0.29, 0.717) is 54.6 Å². The quantitative estimate of drug-likeness (QED) is 0.289. The van der Waals surface area contributed by atoms with E-state index in [9.17, 15) is 14.4 Å². The number of anilines is 1. The topological polar surface area (TPSA) is 107 Å². The second-order valence-corrected chi connectivity index (χ2v) is 10.6. The molecule has 9 nitrogen and oxygen atoms in total. The highest BCUT2D eigenvalue weighted by molar-refractivity contribution is 6.36. The Morgan fingerprint density at radius 2 is 1.90 bits per heavy atom. The number of aromatic nitrogens is 1. The fourth-order valence-electron chi connectivity index (χ4n) is 5.59. The summed E-state index contributed by atoms with van der Waals surface area (Å²) in [5.74, 6) is 2.19. The van der Waals surface area contributed by atoms with Crippen molar-refractivity contribution < 1.29 is 19.1 Å². The van der Waals surface area contributed by atoms with E-state index in [-0.39, 0.29) is 24.3 Å². The lowest BCUT2D eigenvalue weighted by Gasteiger charge is -2.27. The number of ether oxygens (including phenoxy) is 1. The second kappa shape index (κ2) is 13.7. The fourth-order valence-corrected chi connectivity index (χ4v) is 5.59. The van der Waals surface area contributed by atoms with Crippen LogP contribution in [0.2, 0.25) is 0 Å². The van der Waals surface area contributed by atoms with Gasteiger partial charge in [0.15, 0.2) is 0 Å². The Hall–Kier alpha value is -3.87. The highest BCUT2D eigenvalue weighted by Crippen LogP contribution is 2.40. The van der Waals surface area contributed by atoms with Gasteiger partial charge in [0.1, 0.15) is 0 Å². The summed E-state index contributed by atoms with van der Waals surface area (Å²) in [6.07, 6.45) is 8.89. The number of aromatic amines is 1. The molecule has 1 saturated heterocycles. The molecule has 41 heavy (non-hydrogen) atoms. The van der Waals surface area contributed by atoms with Gasteiger partial charge in [-0.15, -0.1) is 6.42 Å².